The van der Waals surface area contributed by atoms with Crippen LogP contribution in [0.15, 0.2) is 188 Å². The Morgan fingerprint density at radius 3 is 1.77 bits per heavy atom. The van der Waals surface area contributed by atoms with Crippen LogP contribution in [0.1, 0.15) is 44.9 Å². The lowest BCUT2D eigenvalue weighted by atomic mass is 9.49. The molecule has 0 N–H and O–H groups in total. The Hall–Kier alpha value is -6.64. The summed E-state index contributed by atoms with van der Waals surface area (Å²) in [5.41, 5.74) is 19.3. The highest BCUT2D eigenvalue weighted by atomic mass is 15.2. The van der Waals surface area contributed by atoms with Gasteiger partial charge in [-0.05, 0) is 105 Å². The van der Waals surface area contributed by atoms with Crippen molar-refractivity contribution in [2.45, 2.75) is 11.3 Å². The lowest BCUT2D eigenvalue weighted by Gasteiger charge is -2.55. The Morgan fingerprint density at radius 2 is 0.981 bits per heavy atom. The molecule has 1 aromatic heterocycles. The van der Waals surface area contributed by atoms with E-state index in [-0.39, 0.29) is 11.3 Å². The Morgan fingerprint density at radius 1 is 0.385 bits per heavy atom. The van der Waals surface area contributed by atoms with Gasteiger partial charge in [-0.1, -0.05) is 133 Å². The zero-order chi connectivity index (χ0) is 34.0. The Balaban J connectivity index is 1.03. The molecule has 0 atom stereocenters. The van der Waals surface area contributed by atoms with E-state index in [2.05, 4.69) is 198 Å². The molecule has 3 aliphatic carbocycles. The van der Waals surface area contributed by atoms with Gasteiger partial charge in [0, 0.05) is 28.1 Å². The summed E-state index contributed by atoms with van der Waals surface area (Å²) >= 11 is 0. The zero-order valence-electron chi connectivity index (χ0n) is 28.4. The maximum Gasteiger partial charge on any atom is 0.0751 e. The first kappa shape index (κ1) is 28.1. The number of rotatable bonds is 3. The summed E-state index contributed by atoms with van der Waals surface area (Å²) in [6, 6.07) is 70.0. The molecule has 13 rings (SSSR count). The number of aromatic nitrogens is 1. The molecule has 52 heavy (non-hydrogen) atoms. The van der Waals surface area contributed by atoms with E-state index in [9.17, 15) is 0 Å². The maximum absolute atomic E-state index is 2.51. The number of hydrogen-bond donors (Lipinski definition) is 0. The van der Waals surface area contributed by atoms with Crippen molar-refractivity contribution < 1.29 is 0 Å². The highest BCUT2D eigenvalue weighted by molar-refractivity contribution is 6.10. The van der Waals surface area contributed by atoms with Crippen LogP contribution in [0, 0.1) is 0 Å². The first-order chi connectivity index (χ1) is 25.8. The van der Waals surface area contributed by atoms with Gasteiger partial charge in [0.15, 0.2) is 0 Å². The van der Waals surface area contributed by atoms with Gasteiger partial charge in [-0.15, -0.1) is 0 Å². The molecule has 0 amide bonds. The summed E-state index contributed by atoms with van der Waals surface area (Å²) in [5, 5.41) is 2.53. The van der Waals surface area contributed by atoms with Crippen LogP contribution in [-0.2, 0) is 5.41 Å². The standard InChI is InChI=1S/C50H32N2/c1-2-13-34(14-3-1)51-44-22-10-6-15-36(44)40-31-33(27-30-45(40)51)32-25-28-35(29-26-32)52-46-23-11-9-21-43(46)50-41-19-7-4-16-37(41)48(38-17-5-8-20-42(38)50)39-18-12-24-47(52)49(39)50/h1-31,48H. The SMILES string of the molecule is c1ccc(-n2c3ccccc3c3cc(-c4ccc(N5c6ccccc6C67c8ccccc8C(c8ccccc86)c6cccc5c67)cc4)ccc32)cc1. The number of fused-ring (bicyclic) bond motifs is 4. The second kappa shape index (κ2) is 10.2. The molecular weight excluding hydrogens is 629 g/mol. The summed E-state index contributed by atoms with van der Waals surface area (Å²) in [4.78, 5) is 2.51. The minimum atomic E-state index is -0.366. The summed E-state index contributed by atoms with van der Waals surface area (Å²) < 4.78 is 2.38. The Bertz CT molecular complexity index is 2870. The van der Waals surface area contributed by atoms with Gasteiger partial charge in [0.05, 0.1) is 27.8 Å². The molecule has 2 nitrogen and oxygen atoms in total. The van der Waals surface area contributed by atoms with E-state index in [0.717, 1.165) is 0 Å². The van der Waals surface area contributed by atoms with E-state index in [1.54, 1.807) is 0 Å². The van der Waals surface area contributed by atoms with Crippen molar-refractivity contribution in [3.63, 3.8) is 0 Å². The van der Waals surface area contributed by atoms with Crippen LogP contribution < -0.4 is 4.90 Å². The van der Waals surface area contributed by atoms with Crippen molar-refractivity contribution in [3.05, 3.63) is 227 Å². The zero-order valence-corrected chi connectivity index (χ0v) is 28.4. The fraction of sp³-hybridized carbons (Fsp3) is 0.0400. The predicted molar refractivity (Wildman–Crippen MR) is 214 cm³/mol. The molecule has 0 saturated heterocycles. The maximum atomic E-state index is 2.51. The molecule has 1 spiro atoms. The van der Waals surface area contributed by atoms with Gasteiger partial charge in [-0.3, -0.25) is 0 Å². The fourth-order valence-corrected chi connectivity index (χ4v) is 10.1. The summed E-state index contributed by atoms with van der Waals surface area (Å²) in [6.07, 6.45) is 0. The number of anilines is 3. The molecule has 242 valence electrons. The summed E-state index contributed by atoms with van der Waals surface area (Å²) in [5.74, 6) is 0.224. The minimum absolute atomic E-state index is 0.224. The smallest absolute Gasteiger partial charge is 0.0751 e. The largest absolute Gasteiger partial charge is 0.310 e. The number of benzene rings is 8. The predicted octanol–water partition coefficient (Wildman–Crippen LogP) is 12.4. The van der Waals surface area contributed by atoms with Gasteiger partial charge in [-0.2, -0.15) is 0 Å². The third kappa shape index (κ3) is 3.44. The van der Waals surface area contributed by atoms with Crippen molar-refractivity contribution >= 4 is 38.9 Å². The van der Waals surface area contributed by atoms with Crippen LogP contribution >= 0.6 is 0 Å². The van der Waals surface area contributed by atoms with Crippen molar-refractivity contribution in [2.24, 2.45) is 0 Å². The monoisotopic (exact) mass is 660 g/mol. The fourth-order valence-electron chi connectivity index (χ4n) is 10.1. The molecule has 2 bridgehead atoms. The number of nitrogens with zero attached hydrogens (tertiary/aromatic N) is 2. The van der Waals surface area contributed by atoms with Gasteiger partial charge in [0.1, 0.15) is 0 Å². The van der Waals surface area contributed by atoms with E-state index in [4.69, 9.17) is 0 Å². The van der Waals surface area contributed by atoms with Gasteiger partial charge < -0.3 is 9.47 Å². The molecule has 2 heteroatoms. The topological polar surface area (TPSA) is 8.17 Å². The first-order valence-corrected chi connectivity index (χ1v) is 18.2. The van der Waals surface area contributed by atoms with Gasteiger partial charge in [0.2, 0.25) is 0 Å². The second-order valence-corrected chi connectivity index (χ2v) is 14.4. The van der Waals surface area contributed by atoms with Gasteiger partial charge >= 0.3 is 0 Å². The molecular formula is C50H32N2. The van der Waals surface area contributed by atoms with Crippen LogP contribution in [0.4, 0.5) is 17.1 Å². The molecule has 8 aromatic carbocycles. The lowest BCUT2D eigenvalue weighted by molar-refractivity contribution is 0.622. The number of hydrogen-bond acceptors (Lipinski definition) is 1. The van der Waals surface area contributed by atoms with Crippen molar-refractivity contribution in [2.75, 3.05) is 4.90 Å². The van der Waals surface area contributed by atoms with Gasteiger partial charge in [0.25, 0.3) is 0 Å². The van der Waals surface area contributed by atoms with E-state index in [1.807, 2.05) is 0 Å². The van der Waals surface area contributed by atoms with Crippen LogP contribution in [0.5, 0.6) is 0 Å². The van der Waals surface area contributed by atoms with Crippen LogP contribution in [0.2, 0.25) is 0 Å². The first-order valence-electron chi connectivity index (χ1n) is 18.2. The van der Waals surface area contributed by atoms with Crippen molar-refractivity contribution in [1.29, 1.82) is 0 Å². The molecule has 9 aromatic rings. The van der Waals surface area contributed by atoms with E-state index in [0.29, 0.717) is 0 Å². The van der Waals surface area contributed by atoms with Crippen molar-refractivity contribution in [1.82, 2.24) is 4.57 Å². The lowest BCUT2D eigenvalue weighted by Crippen LogP contribution is -2.46. The highest BCUT2D eigenvalue weighted by Gasteiger charge is 2.56. The van der Waals surface area contributed by atoms with E-state index in [1.165, 1.54) is 94.6 Å². The van der Waals surface area contributed by atoms with Crippen LogP contribution in [0.3, 0.4) is 0 Å². The third-order valence-electron chi connectivity index (χ3n) is 12.0. The Labute approximate surface area is 302 Å². The molecule has 0 fully saturated rings. The molecule has 0 unspecified atom stereocenters. The normalized spacial score (nSPS) is 17.5. The second-order valence-electron chi connectivity index (χ2n) is 14.4. The average molecular weight is 661 g/mol. The number of para-hydroxylation sites is 3. The van der Waals surface area contributed by atoms with Crippen LogP contribution in [-0.4, -0.2) is 4.57 Å². The summed E-state index contributed by atoms with van der Waals surface area (Å²) in [7, 11) is 0. The quantitative estimate of drug-likeness (QED) is 0.183. The molecule has 0 radical (unpaired) electrons. The van der Waals surface area contributed by atoms with Crippen molar-refractivity contribution in [3.8, 4) is 16.8 Å². The molecule has 1 aliphatic heterocycles. The summed E-state index contributed by atoms with van der Waals surface area (Å²) in [6.45, 7) is 0. The molecule has 0 saturated carbocycles. The molecule has 4 aliphatic rings. The van der Waals surface area contributed by atoms with Gasteiger partial charge in [-0.25, -0.2) is 0 Å². The molecule has 2 heterocycles. The highest BCUT2D eigenvalue weighted by Crippen LogP contribution is 2.67. The van der Waals surface area contributed by atoms with E-state index >= 15 is 0 Å². The minimum Gasteiger partial charge on any atom is -0.310 e. The van der Waals surface area contributed by atoms with E-state index < -0.39 is 0 Å². The Kier molecular flexibility index (Phi) is 5.52. The average Bonchev–Trinajstić information content (AvgIpc) is 3.55. The van der Waals surface area contributed by atoms with Crippen LogP contribution in [0.25, 0.3) is 38.6 Å². The third-order valence-corrected chi connectivity index (χ3v) is 12.0.